The number of nitrogens with zero attached hydrogens (tertiary/aromatic N) is 1. The van der Waals surface area contributed by atoms with Gasteiger partial charge in [-0.1, -0.05) is 36.4 Å². The summed E-state index contributed by atoms with van der Waals surface area (Å²) in [6.07, 6.45) is 0.210. The zero-order valence-corrected chi connectivity index (χ0v) is 19.2. The Labute approximate surface area is 199 Å². The van der Waals surface area contributed by atoms with Gasteiger partial charge in [-0.2, -0.15) is 0 Å². The SMILES string of the molecule is Cc1cc(C)cc(N2C[C@H](C(=O)Nc3ccc(Oc4ccc5ccccc5c4)cc3)CC2=O)c1. The molecule has 1 saturated heterocycles. The quantitative estimate of drug-likeness (QED) is 0.391. The molecule has 5 heteroatoms. The predicted molar refractivity (Wildman–Crippen MR) is 135 cm³/mol. The summed E-state index contributed by atoms with van der Waals surface area (Å²) in [5.74, 6) is 0.881. The van der Waals surface area contributed by atoms with Crippen LogP contribution in [0.5, 0.6) is 11.5 Å². The van der Waals surface area contributed by atoms with Crippen LogP contribution in [0.4, 0.5) is 11.4 Å². The Morgan fingerprint density at radius 2 is 1.53 bits per heavy atom. The highest BCUT2D eigenvalue weighted by Crippen LogP contribution is 2.29. The molecule has 1 fully saturated rings. The van der Waals surface area contributed by atoms with Crippen LogP contribution in [0.2, 0.25) is 0 Å². The topological polar surface area (TPSA) is 58.6 Å². The number of amides is 2. The molecule has 0 radical (unpaired) electrons. The lowest BCUT2D eigenvalue weighted by Crippen LogP contribution is -2.28. The molecule has 0 aliphatic carbocycles. The number of benzene rings is 4. The summed E-state index contributed by atoms with van der Waals surface area (Å²) in [5.41, 5.74) is 3.73. The summed E-state index contributed by atoms with van der Waals surface area (Å²) in [7, 11) is 0. The van der Waals surface area contributed by atoms with Crippen molar-refractivity contribution in [1.82, 2.24) is 0 Å². The maximum Gasteiger partial charge on any atom is 0.229 e. The Kier molecular flexibility index (Phi) is 5.76. The first kappa shape index (κ1) is 21.7. The molecule has 0 bridgehead atoms. The Morgan fingerprint density at radius 1 is 0.853 bits per heavy atom. The van der Waals surface area contributed by atoms with Gasteiger partial charge in [0, 0.05) is 24.3 Å². The zero-order chi connectivity index (χ0) is 23.7. The van der Waals surface area contributed by atoms with Crippen molar-refractivity contribution in [1.29, 1.82) is 0 Å². The Balaban J connectivity index is 1.22. The van der Waals surface area contributed by atoms with Crippen LogP contribution in [0.1, 0.15) is 17.5 Å². The van der Waals surface area contributed by atoms with Gasteiger partial charge in [-0.15, -0.1) is 0 Å². The summed E-state index contributed by atoms with van der Waals surface area (Å²) < 4.78 is 5.98. The maximum absolute atomic E-state index is 12.9. The Bertz CT molecular complexity index is 1360. The highest BCUT2D eigenvalue weighted by Gasteiger charge is 2.35. The van der Waals surface area contributed by atoms with Gasteiger partial charge >= 0.3 is 0 Å². The number of carbonyl (C=O) groups is 2. The smallest absolute Gasteiger partial charge is 0.229 e. The molecule has 4 aromatic carbocycles. The molecule has 2 amide bonds. The fraction of sp³-hybridized carbons (Fsp3) is 0.172. The molecule has 5 rings (SSSR count). The molecular weight excluding hydrogens is 424 g/mol. The highest BCUT2D eigenvalue weighted by molar-refractivity contribution is 6.03. The molecule has 0 unspecified atom stereocenters. The third kappa shape index (κ3) is 4.64. The van der Waals surface area contributed by atoms with Gasteiger partial charge in [0.15, 0.2) is 0 Å². The number of hydrogen-bond donors (Lipinski definition) is 1. The van der Waals surface area contributed by atoms with Gasteiger partial charge in [-0.25, -0.2) is 0 Å². The number of hydrogen-bond acceptors (Lipinski definition) is 3. The molecule has 0 spiro atoms. The van der Waals surface area contributed by atoms with Gasteiger partial charge in [0.05, 0.1) is 5.92 Å². The minimum atomic E-state index is -0.387. The number of ether oxygens (including phenoxy) is 1. The standard InChI is InChI=1S/C29H26N2O3/c1-19-13-20(2)15-25(14-19)31-18-23(17-28(31)32)29(33)30-24-8-11-26(12-9-24)34-27-10-7-21-5-3-4-6-22(21)16-27/h3-16,23H,17-18H2,1-2H3,(H,30,33)/t23-/m1/s1. The molecule has 0 aromatic heterocycles. The van der Waals surface area contributed by atoms with Gasteiger partial charge in [-0.3, -0.25) is 9.59 Å². The van der Waals surface area contributed by atoms with E-state index in [0.717, 1.165) is 33.3 Å². The first-order valence-corrected chi connectivity index (χ1v) is 11.4. The number of nitrogens with one attached hydrogen (secondary N) is 1. The molecule has 1 atom stereocenters. The largest absolute Gasteiger partial charge is 0.457 e. The van der Waals surface area contributed by atoms with Crippen molar-refractivity contribution in [3.8, 4) is 11.5 Å². The number of carbonyl (C=O) groups excluding carboxylic acids is 2. The van der Waals surface area contributed by atoms with Crippen LogP contribution in [-0.2, 0) is 9.59 Å². The molecular formula is C29H26N2O3. The van der Waals surface area contributed by atoms with Crippen LogP contribution < -0.4 is 15.0 Å². The molecule has 1 aliphatic rings. The van der Waals surface area contributed by atoms with Crippen LogP contribution in [0.3, 0.4) is 0 Å². The average molecular weight is 451 g/mol. The van der Waals surface area contributed by atoms with Crippen LogP contribution in [0, 0.1) is 19.8 Å². The minimum absolute atomic E-state index is 0.0238. The van der Waals surface area contributed by atoms with Crippen molar-refractivity contribution in [2.24, 2.45) is 5.92 Å². The third-order valence-electron chi connectivity index (χ3n) is 6.09. The van der Waals surface area contributed by atoms with Crippen molar-refractivity contribution < 1.29 is 14.3 Å². The summed E-state index contributed by atoms with van der Waals surface area (Å²) in [5, 5.41) is 5.22. The number of anilines is 2. The summed E-state index contributed by atoms with van der Waals surface area (Å²) in [4.78, 5) is 27.2. The molecule has 170 valence electrons. The lowest BCUT2D eigenvalue weighted by Gasteiger charge is -2.18. The fourth-order valence-corrected chi connectivity index (χ4v) is 4.46. The maximum atomic E-state index is 12.9. The van der Waals surface area contributed by atoms with E-state index in [0.29, 0.717) is 18.0 Å². The van der Waals surface area contributed by atoms with Gasteiger partial charge in [0.1, 0.15) is 11.5 Å². The van der Waals surface area contributed by atoms with Crippen LogP contribution in [0.25, 0.3) is 10.8 Å². The van der Waals surface area contributed by atoms with E-state index in [1.807, 2.05) is 80.6 Å². The predicted octanol–water partition coefficient (Wildman–Crippen LogP) is 6.24. The Hall–Kier alpha value is -4.12. The summed E-state index contributed by atoms with van der Waals surface area (Å²) in [6.45, 7) is 4.40. The second kappa shape index (κ2) is 9.02. The van der Waals surface area contributed by atoms with Crippen LogP contribution >= 0.6 is 0 Å². The molecule has 4 aromatic rings. The molecule has 5 nitrogen and oxygen atoms in total. The highest BCUT2D eigenvalue weighted by atomic mass is 16.5. The van der Waals surface area contributed by atoms with E-state index in [-0.39, 0.29) is 24.2 Å². The first-order valence-electron chi connectivity index (χ1n) is 11.4. The lowest BCUT2D eigenvalue weighted by atomic mass is 10.1. The van der Waals surface area contributed by atoms with Crippen molar-refractivity contribution in [2.75, 3.05) is 16.8 Å². The molecule has 1 heterocycles. The minimum Gasteiger partial charge on any atom is -0.457 e. The number of aryl methyl sites for hydroxylation is 2. The molecule has 1 aliphatic heterocycles. The van der Waals surface area contributed by atoms with Gasteiger partial charge in [-0.05, 0) is 84.3 Å². The zero-order valence-electron chi connectivity index (χ0n) is 19.2. The van der Waals surface area contributed by atoms with Crippen molar-refractivity contribution in [2.45, 2.75) is 20.3 Å². The number of fused-ring (bicyclic) bond motifs is 1. The van der Waals surface area contributed by atoms with E-state index >= 15 is 0 Å². The van der Waals surface area contributed by atoms with E-state index in [1.54, 1.807) is 4.90 Å². The van der Waals surface area contributed by atoms with Crippen molar-refractivity contribution in [3.63, 3.8) is 0 Å². The summed E-state index contributed by atoms with van der Waals surface area (Å²) in [6, 6.07) is 27.4. The van der Waals surface area contributed by atoms with Gasteiger partial charge in [0.2, 0.25) is 11.8 Å². The molecule has 34 heavy (non-hydrogen) atoms. The third-order valence-corrected chi connectivity index (χ3v) is 6.09. The normalized spacial score (nSPS) is 15.5. The van der Waals surface area contributed by atoms with E-state index in [1.165, 1.54) is 0 Å². The van der Waals surface area contributed by atoms with Gasteiger partial charge < -0.3 is 15.0 Å². The second-order valence-electron chi connectivity index (χ2n) is 8.88. The average Bonchev–Trinajstić information content (AvgIpc) is 3.21. The Morgan fingerprint density at radius 3 is 2.26 bits per heavy atom. The monoisotopic (exact) mass is 450 g/mol. The van der Waals surface area contributed by atoms with Crippen molar-refractivity contribution >= 4 is 34.0 Å². The van der Waals surface area contributed by atoms with Crippen LogP contribution in [-0.4, -0.2) is 18.4 Å². The number of rotatable bonds is 5. The van der Waals surface area contributed by atoms with Gasteiger partial charge in [0.25, 0.3) is 0 Å². The first-order chi connectivity index (χ1) is 16.4. The lowest BCUT2D eigenvalue weighted by molar-refractivity contribution is -0.122. The molecule has 0 saturated carbocycles. The van der Waals surface area contributed by atoms with E-state index in [9.17, 15) is 9.59 Å². The van der Waals surface area contributed by atoms with E-state index < -0.39 is 0 Å². The van der Waals surface area contributed by atoms with E-state index in [2.05, 4.69) is 23.5 Å². The fourth-order valence-electron chi connectivity index (χ4n) is 4.46. The van der Waals surface area contributed by atoms with Crippen molar-refractivity contribution in [3.05, 3.63) is 96.1 Å². The van der Waals surface area contributed by atoms with Crippen LogP contribution in [0.15, 0.2) is 84.9 Å². The van der Waals surface area contributed by atoms with E-state index in [4.69, 9.17) is 4.74 Å². The molecule has 1 N–H and O–H groups in total. The summed E-state index contributed by atoms with van der Waals surface area (Å²) >= 11 is 0. The second-order valence-corrected chi connectivity index (χ2v) is 8.88.